The number of nitrogens with one attached hydrogen (secondary N) is 1. The third kappa shape index (κ3) is 3.15. The second-order valence-corrected chi connectivity index (χ2v) is 6.42. The van der Waals surface area contributed by atoms with Crippen LogP contribution in [0.4, 0.5) is 5.69 Å². The van der Waals surface area contributed by atoms with Crippen LogP contribution in [0.3, 0.4) is 0 Å². The fraction of sp³-hybridized carbons (Fsp3) is 0.714. The van der Waals surface area contributed by atoms with Crippen LogP contribution in [0.1, 0.15) is 32.1 Å². The Hall–Kier alpha value is -1.07. The van der Waals surface area contributed by atoms with E-state index in [1.165, 1.54) is 23.7 Å². The molecule has 1 aromatic rings. The summed E-state index contributed by atoms with van der Waals surface area (Å²) < 4.78 is 1.51. The number of aliphatic hydroxyl groups is 1. The summed E-state index contributed by atoms with van der Waals surface area (Å²) in [5.41, 5.74) is 0.312. The highest BCUT2D eigenvalue weighted by atomic mass is 35.5. The second kappa shape index (κ2) is 5.74. The van der Waals surface area contributed by atoms with Gasteiger partial charge in [0.05, 0.1) is 17.3 Å². The van der Waals surface area contributed by atoms with Crippen LogP contribution in [0.15, 0.2) is 11.0 Å². The molecule has 0 bridgehead atoms. The van der Waals surface area contributed by atoms with E-state index in [0.29, 0.717) is 35.6 Å². The molecular weight excluding hydrogens is 278 g/mol. The van der Waals surface area contributed by atoms with Gasteiger partial charge in [0.15, 0.2) is 0 Å². The standard InChI is InChI=1S/C14H20ClN3O2/c15-12-7-17-18(8-9-1-2-9)14(20)13(12)16-6-10-3-4-11(19)5-10/h7,9-11,16,19H,1-6,8H2. The summed E-state index contributed by atoms with van der Waals surface area (Å²) in [6.45, 7) is 1.37. The van der Waals surface area contributed by atoms with Gasteiger partial charge in [0, 0.05) is 13.1 Å². The minimum Gasteiger partial charge on any atom is -0.393 e. The molecule has 2 saturated carbocycles. The summed E-state index contributed by atoms with van der Waals surface area (Å²) >= 11 is 6.08. The van der Waals surface area contributed by atoms with Gasteiger partial charge in [-0.15, -0.1) is 0 Å². The van der Waals surface area contributed by atoms with Crippen molar-refractivity contribution in [1.29, 1.82) is 0 Å². The number of aliphatic hydroxyl groups excluding tert-OH is 1. The van der Waals surface area contributed by atoms with Gasteiger partial charge in [0.2, 0.25) is 0 Å². The van der Waals surface area contributed by atoms with E-state index < -0.39 is 0 Å². The Bertz CT molecular complexity index is 542. The lowest BCUT2D eigenvalue weighted by atomic mass is 10.1. The Balaban J connectivity index is 1.69. The van der Waals surface area contributed by atoms with E-state index in [1.807, 2.05) is 0 Å². The highest BCUT2D eigenvalue weighted by Gasteiger charge is 2.25. The SMILES string of the molecule is O=c1c(NCC2CCC(O)C2)c(Cl)cnn1CC1CC1. The van der Waals surface area contributed by atoms with Crippen LogP contribution >= 0.6 is 11.6 Å². The van der Waals surface area contributed by atoms with E-state index >= 15 is 0 Å². The van der Waals surface area contributed by atoms with Gasteiger partial charge in [-0.3, -0.25) is 4.79 Å². The van der Waals surface area contributed by atoms with E-state index in [9.17, 15) is 9.90 Å². The molecule has 2 N–H and O–H groups in total. The molecule has 2 unspecified atom stereocenters. The zero-order valence-corrected chi connectivity index (χ0v) is 12.1. The van der Waals surface area contributed by atoms with Crippen LogP contribution in [0.5, 0.6) is 0 Å². The van der Waals surface area contributed by atoms with Gasteiger partial charge in [-0.05, 0) is 43.9 Å². The predicted octanol–water partition coefficient (Wildman–Crippen LogP) is 1.88. The molecule has 1 aromatic heterocycles. The molecule has 1 heterocycles. The van der Waals surface area contributed by atoms with Gasteiger partial charge < -0.3 is 10.4 Å². The summed E-state index contributed by atoms with van der Waals surface area (Å²) in [5.74, 6) is 1.00. The molecule has 6 heteroatoms. The van der Waals surface area contributed by atoms with Gasteiger partial charge in [0.1, 0.15) is 5.69 Å². The smallest absolute Gasteiger partial charge is 0.291 e. The van der Waals surface area contributed by atoms with Crippen molar-refractivity contribution in [3.8, 4) is 0 Å². The first kappa shape index (κ1) is 13.9. The number of hydrogen-bond acceptors (Lipinski definition) is 4. The zero-order chi connectivity index (χ0) is 14.1. The Morgan fingerprint density at radius 3 is 2.75 bits per heavy atom. The molecule has 3 rings (SSSR count). The van der Waals surface area contributed by atoms with Crippen molar-refractivity contribution in [2.24, 2.45) is 11.8 Å². The molecule has 20 heavy (non-hydrogen) atoms. The first-order valence-corrected chi connectivity index (χ1v) is 7.69. The normalized spacial score (nSPS) is 25.9. The van der Waals surface area contributed by atoms with Crippen LogP contribution < -0.4 is 10.9 Å². The summed E-state index contributed by atoms with van der Waals surface area (Å²) in [6, 6.07) is 0. The summed E-state index contributed by atoms with van der Waals surface area (Å²) in [6.07, 6.45) is 6.35. The van der Waals surface area contributed by atoms with Crippen molar-refractivity contribution in [2.75, 3.05) is 11.9 Å². The van der Waals surface area contributed by atoms with Crippen LogP contribution in [0.25, 0.3) is 0 Å². The van der Waals surface area contributed by atoms with E-state index in [0.717, 1.165) is 19.3 Å². The minimum absolute atomic E-state index is 0.136. The topological polar surface area (TPSA) is 67.2 Å². The molecular formula is C14H20ClN3O2. The third-order valence-corrected chi connectivity index (χ3v) is 4.49. The van der Waals surface area contributed by atoms with Gasteiger partial charge in [-0.2, -0.15) is 5.10 Å². The number of aromatic nitrogens is 2. The molecule has 2 aliphatic carbocycles. The van der Waals surface area contributed by atoms with Crippen LogP contribution in [0, 0.1) is 11.8 Å². The van der Waals surface area contributed by atoms with Crippen LogP contribution in [-0.2, 0) is 6.54 Å². The van der Waals surface area contributed by atoms with Gasteiger partial charge >= 0.3 is 0 Å². The average molecular weight is 298 g/mol. The van der Waals surface area contributed by atoms with Crippen molar-refractivity contribution >= 4 is 17.3 Å². The summed E-state index contributed by atoms with van der Waals surface area (Å²) in [4.78, 5) is 12.3. The number of nitrogens with zero attached hydrogens (tertiary/aromatic N) is 2. The van der Waals surface area contributed by atoms with E-state index in [-0.39, 0.29) is 11.7 Å². The molecule has 0 aliphatic heterocycles. The van der Waals surface area contributed by atoms with Crippen molar-refractivity contribution in [3.63, 3.8) is 0 Å². The number of rotatable bonds is 5. The van der Waals surface area contributed by atoms with E-state index in [1.54, 1.807) is 0 Å². The minimum atomic E-state index is -0.193. The van der Waals surface area contributed by atoms with Crippen molar-refractivity contribution < 1.29 is 5.11 Å². The molecule has 2 fully saturated rings. The molecule has 0 amide bonds. The van der Waals surface area contributed by atoms with E-state index in [2.05, 4.69) is 10.4 Å². The Labute approximate surface area is 122 Å². The molecule has 0 spiro atoms. The number of anilines is 1. The summed E-state index contributed by atoms with van der Waals surface area (Å²) in [7, 11) is 0. The molecule has 0 aromatic carbocycles. The van der Waals surface area contributed by atoms with Crippen molar-refractivity contribution in [2.45, 2.75) is 44.8 Å². The Morgan fingerprint density at radius 1 is 1.35 bits per heavy atom. The summed E-state index contributed by atoms with van der Waals surface area (Å²) in [5, 5.41) is 17.2. The highest BCUT2D eigenvalue weighted by Crippen LogP contribution is 2.30. The van der Waals surface area contributed by atoms with Crippen molar-refractivity contribution in [3.05, 3.63) is 21.6 Å². The van der Waals surface area contributed by atoms with Gasteiger partial charge in [0.25, 0.3) is 5.56 Å². The lowest BCUT2D eigenvalue weighted by molar-refractivity contribution is 0.178. The van der Waals surface area contributed by atoms with Gasteiger partial charge in [-0.25, -0.2) is 4.68 Å². The molecule has 110 valence electrons. The monoisotopic (exact) mass is 297 g/mol. The first-order valence-electron chi connectivity index (χ1n) is 7.31. The lowest BCUT2D eigenvalue weighted by Gasteiger charge is -2.14. The molecule has 0 radical (unpaired) electrons. The maximum absolute atomic E-state index is 12.3. The molecule has 5 nitrogen and oxygen atoms in total. The highest BCUT2D eigenvalue weighted by molar-refractivity contribution is 6.32. The van der Waals surface area contributed by atoms with Crippen molar-refractivity contribution in [1.82, 2.24) is 9.78 Å². The molecule has 2 aliphatic rings. The van der Waals surface area contributed by atoms with Gasteiger partial charge in [-0.1, -0.05) is 11.6 Å². The average Bonchev–Trinajstić information content (AvgIpc) is 3.14. The van der Waals surface area contributed by atoms with Crippen LogP contribution in [-0.4, -0.2) is 27.5 Å². The Morgan fingerprint density at radius 2 is 2.10 bits per heavy atom. The zero-order valence-electron chi connectivity index (χ0n) is 11.4. The maximum atomic E-state index is 12.3. The lowest BCUT2D eigenvalue weighted by Crippen LogP contribution is -2.28. The fourth-order valence-electron chi connectivity index (χ4n) is 2.78. The molecule has 0 saturated heterocycles. The molecule has 2 atom stereocenters. The third-order valence-electron chi connectivity index (χ3n) is 4.21. The number of hydrogen-bond donors (Lipinski definition) is 2. The largest absolute Gasteiger partial charge is 0.393 e. The Kier molecular flexibility index (Phi) is 3.98. The van der Waals surface area contributed by atoms with E-state index in [4.69, 9.17) is 11.6 Å². The first-order chi connectivity index (χ1) is 9.63. The van der Waals surface area contributed by atoms with Crippen LogP contribution in [0.2, 0.25) is 5.02 Å². The second-order valence-electron chi connectivity index (χ2n) is 6.01. The predicted molar refractivity (Wildman–Crippen MR) is 78.1 cm³/mol. The quantitative estimate of drug-likeness (QED) is 0.871. The number of halogens is 1. The maximum Gasteiger partial charge on any atom is 0.291 e. The fourth-order valence-corrected chi connectivity index (χ4v) is 2.98.